The van der Waals surface area contributed by atoms with Gasteiger partial charge in [0.2, 0.25) is 0 Å². The van der Waals surface area contributed by atoms with Crippen molar-refractivity contribution < 1.29 is 54.1 Å². The molecule has 3 aromatic carbocycles. The van der Waals surface area contributed by atoms with Crippen LogP contribution in [0.4, 0.5) is 46.5 Å². The number of nitrogen functional groups attached to an aromatic ring is 2. The van der Waals surface area contributed by atoms with Gasteiger partial charge in [-0.15, -0.1) is 0 Å². The molecule has 6 nitrogen and oxygen atoms in total. The van der Waals surface area contributed by atoms with Crippen LogP contribution in [-0.2, 0) is 15.6 Å². The van der Waals surface area contributed by atoms with Gasteiger partial charge in [0.1, 0.15) is 5.75 Å². The summed E-state index contributed by atoms with van der Waals surface area (Å²) in [5.41, 5.74) is 13.1. The molecule has 0 heterocycles. The van der Waals surface area contributed by atoms with Gasteiger partial charge in [0, 0.05) is 35.9 Å². The number of hydrogen-bond donors (Lipinski definition) is 2. The van der Waals surface area contributed by atoms with Gasteiger partial charge in [-0.2, -0.15) is 30.7 Å². The fourth-order valence-electron chi connectivity index (χ4n) is 3.82. The molecule has 1 unspecified atom stereocenters. The Hall–Kier alpha value is -4.49. The zero-order valence-corrected chi connectivity index (χ0v) is 23.1. The highest BCUT2D eigenvalue weighted by molar-refractivity contribution is 5.87. The Kier molecular flexibility index (Phi) is 10.7. The number of esters is 1. The molecule has 3 rings (SSSR count). The molecule has 0 amide bonds. The number of halogens is 8. The van der Waals surface area contributed by atoms with E-state index in [0.29, 0.717) is 23.0 Å². The predicted octanol–water partition coefficient (Wildman–Crippen LogP) is 7.84. The van der Waals surface area contributed by atoms with Gasteiger partial charge in [-0.25, -0.2) is 9.18 Å². The molecule has 4 N–H and O–H groups in total. The van der Waals surface area contributed by atoms with E-state index in [4.69, 9.17) is 20.9 Å². The molecule has 1 atom stereocenters. The number of nitrogens with two attached hydrogens (primary N) is 2. The molecule has 0 spiro atoms. The van der Waals surface area contributed by atoms with Crippen LogP contribution in [0.2, 0.25) is 0 Å². The van der Waals surface area contributed by atoms with Gasteiger partial charge >= 0.3 is 24.2 Å². The number of hydrogen-bond acceptors (Lipinski definition) is 6. The summed E-state index contributed by atoms with van der Waals surface area (Å²) in [6, 6.07) is 12.0. The minimum absolute atomic E-state index is 0.0321. The summed E-state index contributed by atoms with van der Waals surface area (Å²) in [6.07, 6.45) is -9.47. The van der Waals surface area contributed by atoms with E-state index in [1.54, 1.807) is 18.2 Å². The Bertz CT molecular complexity index is 1460. The zero-order chi connectivity index (χ0) is 32.7. The number of benzene rings is 3. The molecular weight excluding hydrogens is 604 g/mol. The minimum Gasteiger partial charge on any atom is -0.493 e. The molecular formula is C30H28F8N2O4. The van der Waals surface area contributed by atoms with Gasteiger partial charge in [0.25, 0.3) is 0 Å². The number of rotatable bonds is 13. The molecule has 0 aliphatic carbocycles. The van der Waals surface area contributed by atoms with Crippen LogP contribution in [0.1, 0.15) is 42.4 Å². The lowest BCUT2D eigenvalue weighted by molar-refractivity contribution is -0.284. The molecule has 238 valence electrons. The first-order chi connectivity index (χ1) is 20.5. The van der Waals surface area contributed by atoms with Crippen LogP contribution < -0.4 is 20.9 Å². The second-order valence-corrected chi connectivity index (χ2v) is 9.74. The Morgan fingerprint density at radius 1 is 0.932 bits per heavy atom. The maximum Gasteiger partial charge on any atom is 0.453 e. The van der Waals surface area contributed by atoms with Gasteiger partial charge in [-0.05, 0) is 60.0 Å². The Morgan fingerprint density at radius 3 is 2.23 bits per heavy atom. The maximum atomic E-state index is 14.7. The number of carbonyl (C=O) groups excluding carboxylic acids is 1. The summed E-state index contributed by atoms with van der Waals surface area (Å²) in [5.74, 6) is -8.23. The molecule has 0 aliphatic rings. The average Bonchev–Trinajstić information content (AvgIpc) is 2.94. The van der Waals surface area contributed by atoms with Crippen LogP contribution >= 0.6 is 0 Å². The van der Waals surface area contributed by atoms with Crippen molar-refractivity contribution in [3.63, 3.8) is 0 Å². The molecule has 44 heavy (non-hydrogen) atoms. The number of alkyl halides is 7. The molecule has 0 saturated heterocycles. The fraction of sp³-hybridized carbons (Fsp3) is 0.300. The Labute approximate surface area is 247 Å². The molecule has 0 saturated carbocycles. The summed E-state index contributed by atoms with van der Waals surface area (Å²) < 4.78 is 121. The average molecular weight is 633 g/mol. The van der Waals surface area contributed by atoms with Gasteiger partial charge in [0.05, 0.1) is 18.8 Å². The predicted molar refractivity (Wildman–Crippen MR) is 147 cm³/mol. The van der Waals surface area contributed by atoms with E-state index in [9.17, 15) is 39.9 Å². The monoisotopic (exact) mass is 632 g/mol. The topological polar surface area (TPSA) is 96.8 Å². The van der Waals surface area contributed by atoms with Crippen LogP contribution in [0.25, 0.3) is 6.08 Å². The van der Waals surface area contributed by atoms with Crippen LogP contribution in [0, 0.1) is 5.82 Å². The van der Waals surface area contributed by atoms with E-state index in [-0.39, 0.29) is 18.3 Å². The number of ether oxygens (including phenoxy) is 3. The van der Waals surface area contributed by atoms with Crippen LogP contribution in [0.15, 0.2) is 66.7 Å². The van der Waals surface area contributed by atoms with E-state index in [1.807, 2.05) is 6.92 Å². The summed E-state index contributed by atoms with van der Waals surface area (Å²) >= 11 is 0. The minimum atomic E-state index is -5.71. The molecule has 0 radical (unpaired) electrons. The Balaban J connectivity index is 1.52. The van der Waals surface area contributed by atoms with Gasteiger partial charge in [0.15, 0.2) is 11.6 Å². The van der Waals surface area contributed by atoms with E-state index in [0.717, 1.165) is 35.9 Å². The second kappa shape index (κ2) is 13.9. The first-order valence-electron chi connectivity index (χ1n) is 13.0. The lowest BCUT2D eigenvalue weighted by atomic mass is 10.00. The van der Waals surface area contributed by atoms with Gasteiger partial charge < -0.3 is 25.7 Å². The molecule has 0 bridgehead atoms. The molecule has 0 fully saturated rings. The van der Waals surface area contributed by atoms with Crippen LogP contribution in [0.5, 0.6) is 11.5 Å². The molecule has 0 aromatic heterocycles. The normalized spacial score (nSPS) is 13.1. The molecule has 3 aromatic rings. The van der Waals surface area contributed by atoms with E-state index < -0.39 is 60.8 Å². The highest BCUT2D eigenvalue weighted by atomic mass is 19.4. The van der Waals surface area contributed by atoms with E-state index in [2.05, 4.69) is 4.74 Å². The number of carbonyl (C=O) groups is 1. The fourth-order valence-corrected chi connectivity index (χ4v) is 3.82. The third-order valence-electron chi connectivity index (χ3n) is 6.24. The molecule has 0 aliphatic heterocycles. The van der Waals surface area contributed by atoms with Crippen molar-refractivity contribution in [2.75, 3.05) is 24.7 Å². The highest BCUT2D eigenvalue weighted by Crippen LogP contribution is 2.39. The smallest absolute Gasteiger partial charge is 0.453 e. The number of anilines is 2. The molecule has 14 heteroatoms. The largest absolute Gasteiger partial charge is 0.493 e. The first-order valence-corrected chi connectivity index (χ1v) is 13.0. The van der Waals surface area contributed by atoms with Crippen molar-refractivity contribution in [2.45, 2.75) is 43.9 Å². The van der Waals surface area contributed by atoms with Crippen LogP contribution in [-0.4, -0.2) is 31.3 Å². The lowest BCUT2D eigenvalue weighted by Gasteiger charge is -2.20. The third-order valence-corrected chi connectivity index (χ3v) is 6.24. The van der Waals surface area contributed by atoms with Crippen molar-refractivity contribution in [1.82, 2.24) is 0 Å². The van der Waals surface area contributed by atoms with E-state index >= 15 is 0 Å². The van der Waals surface area contributed by atoms with Crippen molar-refractivity contribution in [1.29, 1.82) is 0 Å². The summed E-state index contributed by atoms with van der Waals surface area (Å²) in [5, 5.41) is 0. The van der Waals surface area contributed by atoms with Crippen LogP contribution in [0.3, 0.4) is 0 Å². The van der Waals surface area contributed by atoms with Crippen molar-refractivity contribution in [2.24, 2.45) is 0 Å². The Morgan fingerprint density at radius 2 is 1.61 bits per heavy atom. The van der Waals surface area contributed by atoms with E-state index in [1.165, 1.54) is 18.2 Å². The highest BCUT2D eigenvalue weighted by Gasteiger charge is 2.56. The summed E-state index contributed by atoms with van der Waals surface area (Å²) in [7, 11) is 0. The second-order valence-electron chi connectivity index (χ2n) is 9.74. The zero-order valence-electron chi connectivity index (χ0n) is 23.1. The van der Waals surface area contributed by atoms with Crippen molar-refractivity contribution in [3.05, 3.63) is 89.2 Å². The maximum absolute atomic E-state index is 14.7. The quantitative estimate of drug-likeness (QED) is 0.0656. The summed E-state index contributed by atoms with van der Waals surface area (Å²) in [6.45, 7) is 1.24. The SMILES string of the molecule is CC(COC(=O)/C=C/c1ccc(C(F)(F)Oc2ccc(OCCCC(F)(F)C(F)(F)F)cc2F)cc1)c1ccc(N)cc1N. The lowest BCUT2D eigenvalue weighted by Crippen LogP contribution is -2.36. The summed E-state index contributed by atoms with van der Waals surface area (Å²) in [4.78, 5) is 12.1. The van der Waals surface area contributed by atoms with Crippen molar-refractivity contribution in [3.8, 4) is 11.5 Å². The van der Waals surface area contributed by atoms with Gasteiger partial charge in [-0.1, -0.05) is 25.1 Å². The van der Waals surface area contributed by atoms with Gasteiger partial charge in [-0.3, -0.25) is 0 Å². The standard InChI is InChI=1S/C30H28F8N2O4/c1-18(23-10-8-21(39)15-25(23)40)17-43-27(41)12-5-19-3-6-20(7-4-19)29(34,35)44-26-11-9-22(16-24(26)31)42-14-2-13-28(32,33)30(36,37)38/h3-12,15-16,18H,2,13-14,17,39-40H2,1H3/b12-5+. The van der Waals surface area contributed by atoms with Crippen molar-refractivity contribution >= 4 is 23.4 Å². The third kappa shape index (κ3) is 9.25. The first kappa shape index (κ1) is 34.0.